The monoisotopic (exact) mass is 226 g/mol. The highest BCUT2D eigenvalue weighted by Gasteiger charge is 2.19. The van der Waals surface area contributed by atoms with Crippen molar-refractivity contribution in [1.82, 2.24) is 4.98 Å². The third-order valence-electron chi connectivity index (χ3n) is 2.70. The van der Waals surface area contributed by atoms with Gasteiger partial charge in [0.2, 0.25) is 0 Å². The second-order valence-corrected chi connectivity index (χ2v) is 3.79. The van der Waals surface area contributed by atoms with Crippen LogP contribution in [-0.2, 0) is 4.79 Å². The second-order valence-electron chi connectivity index (χ2n) is 3.79. The van der Waals surface area contributed by atoms with Crippen molar-refractivity contribution in [3.63, 3.8) is 0 Å². The summed E-state index contributed by atoms with van der Waals surface area (Å²) in [5.74, 6) is -1.69. The molecule has 1 unspecified atom stereocenters. The summed E-state index contributed by atoms with van der Waals surface area (Å²) in [6.07, 6.45) is 0. The fourth-order valence-corrected chi connectivity index (χ4v) is 1.68. The maximum Gasteiger partial charge on any atom is 0.310 e. The molecule has 0 amide bonds. The minimum Gasteiger partial charge on any atom is -0.481 e. The predicted molar refractivity (Wildman–Crippen MR) is 62.5 cm³/mol. The van der Waals surface area contributed by atoms with Gasteiger partial charge < -0.3 is 5.11 Å². The molecule has 0 fully saturated rings. The van der Waals surface area contributed by atoms with Crippen LogP contribution in [0.3, 0.4) is 0 Å². The van der Waals surface area contributed by atoms with Crippen molar-refractivity contribution in [2.24, 2.45) is 0 Å². The normalized spacial score (nSPS) is 12.0. The first-order chi connectivity index (χ1) is 8.13. The fourth-order valence-electron chi connectivity index (χ4n) is 1.68. The molecule has 4 nitrogen and oxygen atoms in total. The van der Waals surface area contributed by atoms with Crippen LogP contribution in [-0.4, -0.2) is 16.1 Å². The third kappa shape index (κ3) is 1.95. The first-order valence-corrected chi connectivity index (χ1v) is 5.16. The van der Waals surface area contributed by atoms with E-state index in [1.54, 1.807) is 19.1 Å². The Labute approximate surface area is 98.1 Å². The van der Waals surface area contributed by atoms with Gasteiger partial charge in [-0.2, -0.15) is 5.26 Å². The van der Waals surface area contributed by atoms with Crippen LogP contribution in [0.4, 0.5) is 0 Å². The van der Waals surface area contributed by atoms with Gasteiger partial charge in [-0.05, 0) is 19.1 Å². The summed E-state index contributed by atoms with van der Waals surface area (Å²) in [5.41, 5.74) is 1.34. The molecule has 0 spiro atoms. The lowest BCUT2D eigenvalue weighted by molar-refractivity contribution is -0.138. The number of carboxylic acid groups (broad SMARTS) is 1. The van der Waals surface area contributed by atoms with E-state index in [-0.39, 0.29) is 5.69 Å². The SMILES string of the molecule is CC(C(=O)O)c1cc2ccccc2nc1C#N. The summed E-state index contributed by atoms with van der Waals surface area (Å²) in [6, 6.07) is 11.0. The van der Waals surface area contributed by atoms with E-state index >= 15 is 0 Å². The number of fused-ring (bicyclic) bond motifs is 1. The standard InChI is InChI=1S/C13H10N2O2/c1-8(13(16)17)10-6-9-4-2-3-5-11(9)15-12(10)7-14/h2-6,8H,1H3,(H,16,17). The first kappa shape index (κ1) is 11.1. The number of nitriles is 1. The maximum absolute atomic E-state index is 11.0. The Balaban J connectivity index is 2.70. The van der Waals surface area contributed by atoms with Crippen molar-refractivity contribution < 1.29 is 9.90 Å². The van der Waals surface area contributed by atoms with E-state index in [1.807, 2.05) is 24.3 Å². The fraction of sp³-hybridized carbons (Fsp3) is 0.154. The van der Waals surface area contributed by atoms with E-state index in [1.165, 1.54) is 0 Å². The molecule has 0 radical (unpaired) electrons. The largest absolute Gasteiger partial charge is 0.481 e. The van der Waals surface area contributed by atoms with Gasteiger partial charge in [-0.1, -0.05) is 18.2 Å². The molecule has 1 N–H and O–H groups in total. The van der Waals surface area contributed by atoms with E-state index in [2.05, 4.69) is 4.98 Å². The van der Waals surface area contributed by atoms with E-state index in [0.717, 1.165) is 5.39 Å². The van der Waals surface area contributed by atoms with Gasteiger partial charge in [-0.3, -0.25) is 4.79 Å². The zero-order valence-corrected chi connectivity index (χ0v) is 9.21. The maximum atomic E-state index is 11.0. The molecule has 0 aliphatic rings. The molecule has 17 heavy (non-hydrogen) atoms. The molecule has 2 rings (SSSR count). The third-order valence-corrected chi connectivity index (χ3v) is 2.70. The van der Waals surface area contributed by atoms with Gasteiger partial charge in [0.15, 0.2) is 0 Å². The number of carboxylic acids is 1. The van der Waals surface area contributed by atoms with Crippen LogP contribution in [0.5, 0.6) is 0 Å². The smallest absolute Gasteiger partial charge is 0.310 e. The molecule has 0 bridgehead atoms. The van der Waals surface area contributed by atoms with E-state index in [4.69, 9.17) is 10.4 Å². The Kier molecular flexibility index (Phi) is 2.75. The average Bonchev–Trinajstić information content (AvgIpc) is 2.36. The number of benzene rings is 1. The molecule has 0 aliphatic heterocycles. The summed E-state index contributed by atoms with van der Waals surface area (Å²) in [4.78, 5) is 15.1. The number of hydrogen-bond donors (Lipinski definition) is 1. The molecule has 0 saturated carbocycles. The number of carbonyl (C=O) groups is 1. The van der Waals surface area contributed by atoms with Crippen LogP contribution < -0.4 is 0 Å². The highest BCUT2D eigenvalue weighted by Crippen LogP contribution is 2.23. The average molecular weight is 226 g/mol. The summed E-state index contributed by atoms with van der Waals surface area (Å²) in [7, 11) is 0. The van der Waals surface area contributed by atoms with Gasteiger partial charge in [0.1, 0.15) is 11.8 Å². The van der Waals surface area contributed by atoms with Crippen LogP contribution in [0.25, 0.3) is 10.9 Å². The van der Waals surface area contributed by atoms with Crippen molar-refractivity contribution in [3.05, 3.63) is 41.6 Å². The van der Waals surface area contributed by atoms with Crippen molar-refractivity contribution in [1.29, 1.82) is 5.26 Å². The zero-order chi connectivity index (χ0) is 12.4. The number of hydrogen-bond acceptors (Lipinski definition) is 3. The van der Waals surface area contributed by atoms with Crippen molar-refractivity contribution in [2.75, 3.05) is 0 Å². The second kappa shape index (κ2) is 4.22. The van der Waals surface area contributed by atoms with Gasteiger partial charge in [-0.15, -0.1) is 0 Å². The molecular formula is C13H10N2O2. The van der Waals surface area contributed by atoms with Gasteiger partial charge in [-0.25, -0.2) is 4.98 Å². The highest BCUT2D eigenvalue weighted by molar-refractivity contribution is 5.83. The summed E-state index contributed by atoms with van der Waals surface area (Å²) < 4.78 is 0. The van der Waals surface area contributed by atoms with Crippen LogP contribution in [0.1, 0.15) is 24.1 Å². The molecule has 1 heterocycles. The number of aromatic nitrogens is 1. The number of rotatable bonds is 2. The Hall–Kier alpha value is -2.41. The quantitative estimate of drug-likeness (QED) is 0.852. The van der Waals surface area contributed by atoms with Gasteiger partial charge in [0.05, 0.1) is 11.4 Å². The lowest BCUT2D eigenvalue weighted by Gasteiger charge is -2.09. The molecule has 84 valence electrons. The Bertz CT molecular complexity index is 629. The minimum absolute atomic E-state index is 0.179. The molecule has 0 saturated heterocycles. The Morgan fingerprint density at radius 3 is 2.82 bits per heavy atom. The highest BCUT2D eigenvalue weighted by atomic mass is 16.4. The first-order valence-electron chi connectivity index (χ1n) is 5.16. The Morgan fingerprint density at radius 2 is 2.18 bits per heavy atom. The number of pyridine rings is 1. The van der Waals surface area contributed by atoms with Gasteiger partial charge >= 0.3 is 5.97 Å². The van der Waals surface area contributed by atoms with E-state index < -0.39 is 11.9 Å². The zero-order valence-electron chi connectivity index (χ0n) is 9.21. The molecule has 4 heteroatoms. The van der Waals surface area contributed by atoms with Crippen molar-refractivity contribution >= 4 is 16.9 Å². The van der Waals surface area contributed by atoms with Crippen LogP contribution in [0, 0.1) is 11.3 Å². The lowest BCUT2D eigenvalue weighted by atomic mass is 9.98. The van der Waals surface area contributed by atoms with Gasteiger partial charge in [0, 0.05) is 10.9 Å². The molecule has 1 atom stereocenters. The topological polar surface area (TPSA) is 74.0 Å². The van der Waals surface area contributed by atoms with E-state index in [9.17, 15) is 4.79 Å². The molecular weight excluding hydrogens is 216 g/mol. The molecule has 0 aliphatic carbocycles. The van der Waals surface area contributed by atoms with Crippen LogP contribution >= 0.6 is 0 Å². The van der Waals surface area contributed by atoms with Crippen molar-refractivity contribution in [2.45, 2.75) is 12.8 Å². The minimum atomic E-state index is -0.960. The Morgan fingerprint density at radius 1 is 1.47 bits per heavy atom. The van der Waals surface area contributed by atoms with E-state index in [0.29, 0.717) is 11.1 Å². The van der Waals surface area contributed by atoms with Crippen LogP contribution in [0.15, 0.2) is 30.3 Å². The molecule has 1 aromatic heterocycles. The summed E-state index contributed by atoms with van der Waals surface area (Å²) in [6.45, 7) is 1.55. The summed E-state index contributed by atoms with van der Waals surface area (Å²) in [5, 5.41) is 18.8. The number of para-hydroxylation sites is 1. The number of nitrogens with zero attached hydrogens (tertiary/aromatic N) is 2. The predicted octanol–water partition coefficient (Wildman–Crippen LogP) is 2.29. The van der Waals surface area contributed by atoms with Crippen molar-refractivity contribution in [3.8, 4) is 6.07 Å². The van der Waals surface area contributed by atoms with Crippen LogP contribution in [0.2, 0.25) is 0 Å². The number of aliphatic carboxylic acids is 1. The molecule has 1 aromatic carbocycles. The molecule has 2 aromatic rings. The summed E-state index contributed by atoms with van der Waals surface area (Å²) >= 11 is 0. The van der Waals surface area contributed by atoms with Gasteiger partial charge in [0.25, 0.3) is 0 Å². The lowest BCUT2D eigenvalue weighted by Crippen LogP contribution is -2.10.